The molecule has 0 saturated carbocycles. The van der Waals surface area contributed by atoms with Gasteiger partial charge in [0.2, 0.25) is 0 Å². The molecule has 0 bridgehead atoms. The minimum absolute atomic E-state index is 1.27. The molecule has 22 heavy (non-hydrogen) atoms. The lowest BCUT2D eigenvalue weighted by Crippen LogP contribution is -1.82. The van der Waals surface area contributed by atoms with Crippen molar-refractivity contribution in [2.45, 2.75) is 0 Å². The molecule has 2 aromatic carbocycles. The second-order valence-corrected chi connectivity index (χ2v) is 6.81. The molecule has 0 radical (unpaired) electrons. The Morgan fingerprint density at radius 1 is 0.591 bits per heavy atom. The number of thiophene rings is 2. The summed E-state index contributed by atoms with van der Waals surface area (Å²) in [5.74, 6) is 0. The fraction of sp³-hybridized carbons (Fsp3) is 0. The summed E-state index contributed by atoms with van der Waals surface area (Å²) >= 11 is 3.56. The molecule has 0 aliphatic rings. The first kappa shape index (κ1) is 13.5. The van der Waals surface area contributed by atoms with Gasteiger partial charge in [-0.3, -0.25) is 0 Å². The highest BCUT2D eigenvalue weighted by molar-refractivity contribution is 7.14. The molecule has 0 aliphatic heterocycles. The lowest BCUT2D eigenvalue weighted by Gasteiger charge is -2.08. The minimum Gasteiger partial charge on any atom is -0.152 e. The van der Waals surface area contributed by atoms with Gasteiger partial charge in [0, 0.05) is 10.4 Å². The van der Waals surface area contributed by atoms with Crippen molar-refractivity contribution >= 4 is 22.7 Å². The molecule has 2 heteroatoms. The van der Waals surface area contributed by atoms with E-state index in [-0.39, 0.29) is 0 Å². The van der Waals surface area contributed by atoms with Crippen LogP contribution in [0.5, 0.6) is 0 Å². The van der Waals surface area contributed by atoms with Gasteiger partial charge in [-0.05, 0) is 50.5 Å². The Labute approximate surface area is 138 Å². The molecular formula is C20H14S2. The Hall–Kier alpha value is -2.16. The largest absolute Gasteiger partial charge is 0.152 e. The molecule has 0 atom stereocenters. The highest BCUT2D eigenvalue weighted by Gasteiger charge is 2.09. The quantitative estimate of drug-likeness (QED) is 0.389. The zero-order valence-electron chi connectivity index (χ0n) is 11.9. The van der Waals surface area contributed by atoms with Gasteiger partial charge in [0.05, 0.1) is 0 Å². The Morgan fingerprint density at radius 3 is 2.05 bits per heavy atom. The Bertz CT molecular complexity index is 871. The van der Waals surface area contributed by atoms with Crippen molar-refractivity contribution in [3.05, 3.63) is 82.9 Å². The van der Waals surface area contributed by atoms with E-state index in [1.807, 2.05) is 11.3 Å². The van der Waals surface area contributed by atoms with E-state index < -0.39 is 0 Å². The van der Waals surface area contributed by atoms with Crippen LogP contribution < -0.4 is 0 Å². The van der Waals surface area contributed by atoms with Gasteiger partial charge in [-0.15, -0.1) is 11.3 Å². The lowest BCUT2D eigenvalue weighted by atomic mass is 9.96. The van der Waals surface area contributed by atoms with Crippen molar-refractivity contribution in [2.24, 2.45) is 0 Å². The van der Waals surface area contributed by atoms with Gasteiger partial charge >= 0.3 is 0 Å². The number of benzene rings is 2. The molecule has 4 rings (SSSR count). The van der Waals surface area contributed by atoms with Crippen molar-refractivity contribution in [1.82, 2.24) is 0 Å². The van der Waals surface area contributed by atoms with Gasteiger partial charge in [-0.1, -0.05) is 54.6 Å². The van der Waals surface area contributed by atoms with Crippen LogP contribution in [-0.2, 0) is 0 Å². The standard InChI is InChI=1S/C20H14S2/c1-2-6-15(7-3-1)18-8-4-5-9-19(18)17-12-20(22-14-17)16-10-11-21-13-16/h1-14H. The zero-order valence-corrected chi connectivity index (χ0v) is 13.5. The third-order valence-corrected chi connectivity index (χ3v) is 5.39. The van der Waals surface area contributed by atoms with Crippen LogP contribution in [0.2, 0.25) is 0 Å². The SMILES string of the molecule is c1ccc(-c2ccccc2-c2csc(-c3ccsc3)c2)cc1. The van der Waals surface area contributed by atoms with Crippen LogP contribution in [0.4, 0.5) is 0 Å². The molecule has 0 amide bonds. The van der Waals surface area contributed by atoms with Gasteiger partial charge in [0.1, 0.15) is 0 Å². The summed E-state index contributed by atoms with van der Waals surface area (Å²) in [4.78, 5) is 1.33. The summed E-state index contributed by atoms with van der Waals surface area (Å²) in [5, 5.41) is 6.60. The topological polar surface area (TPSA) is 0 Å². The van der Waals surface area contributed by atoms with E-state index in [0.717, 1.165) is 0 Å². The van der Waals surface area contributed by atoms with Crippen LogP contribution in [0, 0.1) is 0 Å². The van der Waals surface area contributed by atoms with Gasteiger partial charge in [-0.25, -0.2) is 0 Å². The van der Waals surface area contributed by atoms with E-state index in [1.165, 1.54) is 32.7 Å². The molecule has 0 aliphatic carbocycles. The second kappa shape index (κ2) is 5.91. The van der Waals surface area contributed by atoms with E-state index in [0.29, 0.717) is 0 Å². The summed E-state index contributed by atoms with van der Waals surface area (Å²) < 4.78 is 0. The summed E-state index contributed by atoms with van der Waals surface area (Å²) in [6.45, 7) is 0. The van der Waals surface area contributed by atoms with Crippen LogP contribution in [0.3, 0.4) is 0 Å². The molecule has 2 heterocycles. The van der Waals surface area contributed by atoms with Gasteiger partial charge in [0.15, 0.2) is 0 Å². The van der Waals surface area contributed by atoms with Gasteiger partial charge < -0.3 is 0 Å². The molecule has 0 N–H and O–H groups in total. The first-order valence-corrected chi connectivity index (χ1v) is 9.00. The number of rotatable bonds is 3. The fourth-order valence-corrected chi connectivity index (χ4v) is 4.28. The van der Waals surface area contributed by atoms with Gasteiger partial charge in [0.25, 0.3) is 0 Å². The van der Waals surface area contributed by atoms with E-state index in [4.69, 9.17) is 0 Å². The van der Waals surface area contributed by atoms with Crippen LogP contribution in [0.1, 0.15) is 0 Å². The fourth-order valence-electron chi connectivity index (χ4n) is 2.64. The number of hydrogen-bond acceptors (Lipinski definition) is 2. The average molecular weight is 318 g/mol. The highest BCUT2D eigenvalue weighted by Crippen LogP contribution is 2.37. The summed E-state index contributed by atoms with van der Waals surface area (Å²) in [6, 6.07) is 23.7. The third-order valence-electron chi connectivity index (χ3n) is 3.73. The Kier molecular flexibility index (Phi) is 3.63. The molecule has 0 spiro atoms. The van der Waals surface area contributed by atoms with Crippen molar-refractivity contribution in [1.29, 1.82) is 0 Å². The highest BCUT2D eigenvalue weighted by atomic mass is 32.1. The van der Waals surface area contributed by atoms with Crippen LogP contribution in [-0.4, -0.2) is 0 Å². The van der Waals surface area contributed by atoms with Crippen LogP contribution >= 0.6 is 22.7 Å². The molecular weight excluding hydrogens is 304 g/mol. The molecule has 4 aromatic rings. The van der Waals surface area contributed by atoms with Crippen molar-refractivity contribution in [2.75, 3.05) is 0 Å². The molecule has 0 unspecified atom stereocenters. The maximum absolute atomic E-state index is 2.30. The van der Waals surface area contributed by atoms with Crippen molar-refractivity contribution in [3.63, 3.8) is 0 Å². The normalized spacial score (nSPS) is 10.7. The van der Waals surface area contributed by atoms with E-state index in [1.54, 1.807) is 11.3 Å². The second-order valence-electron chi connectivity index (χ2n) is 5.12. The monoisotopic (exact) mass is 318 g/mol. The Balaban J connectivity index is 1.81. The molecule has 106 valence electrons. The summed E-state index contributed by atoms with van der Waals surface area (Å²) in [6.07, 6.45) is 0. The Morgan fingerprint density at radius 2 is 1.32 bits per heavy atom. The zero-order chi connectivity index (χ0) is 14.8. The van der Waals surface area contributed by atoms with Crippen LogP contribution in [0.15, 0.2) is 82.9 Å². The molecule has 0 nitrogen and oxygen atoms in total. The van der Waals surface area contributed by atoms with Crippen molar-refractivity contribution < 1.29 is 0 Å². The molecule has 0 fully saturated rings. The maximum Gasteiger partial charge on any atom is 0.0357 e. The minimum atomic E-state index is 1.27. The van der Waals surface area contributed by atoms with Crippen molar-refractivity contribution in [3.8, 4) is 32.7 Å². The maximum atomic E-state index is 2.30. The van der Waals surface area contributed by atoms with Crippen LogP contribution in [0.25, 0.3) is 32.7 Å². The van der Waals surface area contributed by atoms with E-state index in [9.17, 15) is 0 Å². The first-order valence-electron chi connectivity index (χ1n) is 7.18. The van der Waals surface area contributed by atoms with E-state index >= 15 is 0 Å². The lowest BCUT2D eigenvalue weighted by molar-refractivity contribution is 1.60. The smallest absolute Gasteiger partial charge is 0.0357 e. The average Bonchev–Trinajstić information content (AvgIpc) is 3.27. The summed E-state index contributed by atoms with van der Waals surface area (Å²) in [7, 11) is 0. The van der Waals surface area contributed by atoms with Gasteiger partial charge in [-0.2, -0.15) is 11.3 Å². The van der Waals surface area contributed by atoms with E-state index in [2.05, 4.69) is 82.9 Å². The predicted octanol–water partition coefficient (Wildman–Crippen LogP) is 6.81. The summed E-state index contributed by atoms with van der Waals surface area (Å²) in [5.41, 5.74) is 6.47. The molecule has 0 saturated heterocycles. The third kappa shape index (κ3) is 2.52. The predicted molar refractivity (Wildman–Crippen MR) is 98.5 cm³/mol. The molecule has 2 aromatic heterocycles. The number of hydrogen-bond donors (Lipinski definition) is 0. The first-order chi connectivity index (χ1) is 10.9.